The molecule has 0 aromatic carbocycles. The van der Waals surface area contributed by atoms with Gasteiger partial charge in [0.05, 0.1) is 18.9 Å². The Hall–Kier alpha value is -1.26. The van der Waals surface area contributed by atoms with Crippen LogP contribution in [0.15, 0.2) is 9.98 Å². The fourth-order valence-electron chi connectivity index (χ4n) is 2.90. The molecule has 0 saturated carbocycles. The lowest BCUT2D eigenvalue weighted by molar-refractivity contribution is 0.328. The third-order valence-corrected chi connectivity index (χ3v) is 4.23. The van der Waals surface area contributed by atoms with Gasteiger partial charge in [-0.2, -0.15) is 0 Å². The Balaban J connectivity index is 5.01. The number of rotatable bonds is 11. The highest BCUT2D eigenvalue weighted by Crippen LogP contribution is 2.03. The van der Waals surface area contributed by atoms with Crippen LogP contribution in [0.1, 0.15) is 61.3 Å². The van der Waals surface area contributed by atoms with Crippen molar-refractivity contribution in [2.24, 2.45) is 9.98 Å². The predicted octanol–water partition coefficient (Wildman–Crippen LogP) is 3.57. The fraction of sp³-hybridized carbons (Fsp3) is 0.895. The number of nitrogens with zero attached hydrogens (tertiary/aromatic N) is 5. The van der Waals surface area contributed by atoms with Gasteiger partial charge in [-0.15, -0.1) is 0 Å². The maximum absolute atomic E-state index is 4.93. The van der Waals surface area contributed by atoms with E-state index < -0.39 is 0 Å². The predicted molar refractivity (Wildman–Crippen MR) is 108 cm³/mol. The Kier molecular flexibility index (Phi) is 13.4. The van der Waals surface area contributed by atoms with Gasteiger partial charge in [0, 0.05) is 39.3 Å². The smallest absolute Gasteiger partial charge is 0.196 e. The van der Waals surface area contributed by atoms with E-state index in [2.05, 4.69) is 63.2 Å². The summed E-state index contributed by atoms with van der Waals surface area (Å²) < 4.78 is 0. The second kappa shape index (κ2) is 14.1. The highest BCUT2D eigenvalue weighted by atomic mass is 15.4. The Morgan fingerprint density at radius 1 is 0.625 bits per heavy atom. The molecule has 0 aliphatic rings. The van der Waals surface area contributed by atoms with Gasteiger partial charge in [0.15, 0.2) is 5.96 Å². The first-order valence-corrected chi connectivity index (χ1v) is 9.89. The van der Waals surface area contributed by atoms with Crippen LogP contribution in [0.4, 0.5) is 0 Å². The summed E-state index contributed by atoms with van der Waals surface area (Å²) in [5.74, 6) is 2.28. The number of amidine groups is 1. The monoisotopic (exact) mass is 339 g/mol. The topological polar surface area (TPSA) is 34.4 Å². The fourth-order valence-corrected chi connectivity index (χ4v) is 2.90. The first kappa shape index (κ1) is 22.7. The molecule has 0 N–H and O–H groups in total. The van der Waals surface area contributed by atoms with Crippen LogP contribution in [0.25, 0.3) is 0 Å². The molecule has 142 valence electrons. The van der Waals surface area contributed by atoms with E-state index in [4.69, 9.17) is 9.98 Å². The van der Waals surface area contributed by atoms with Crippen molar-refractivity contribution < 1.29 is 0 Å². The van der Waals surface area contributed by atoms with Crippen LogP contribution in [0.2, 0.25) is 0 Å². The molecule has 0 aromatic heterocycles. The van der Waals surface area contributed by atoms with Crippen molar-refractivity contribution in [3.8, 4) is 0 Å². The van der Waals surface area contributed by atoms with Crippen molar-refractivity contribution in [1.29, 1.82) is 0 Å². The van der Waals surface area contributed by atoms with Gasteiger partial charge >= 0.3 is 0 Å². The van der Waals surface area contributed by atoms with E-state index in [9.17, 15) is 0 Å². The van der Waals surface area contributed by atoms with Crippen molar-refractivity contribution >= 4 is 11.8 Å². The zero-order chi connectivity index (χ0) is 18.4. The summed E-state index contributed by atoms with van der Waals surface area (Å²) in [6.07, 6.45) is 2.30. The molecule has 0 amide bonds. The third kappa shape index (κ3) is 8.02. The van der Waals surface area contributed by atoms with E-state index >= 15 is 0 Å². The second-order valence-corrected chi connectivity index (χ2v) is 5.94. The molecule has 0 aliphatic heterocycles. The molecule has 0 atom stereocenters. The summed E-state index contributed by atoms with van der Waals surface area (Å²) in [4.78, 5) is 16.7. The average Bonchev–Trinajstić information content (AvgIpc) is 2.58. The Morgan fingerprint density at radius 3 is 1.50 bits per heavy atom. The number of guanidine groups is 1. The SMILES string of the molecule is CCCN(CCC)C(=NCCN=C(C)N(CC)CC)N(CC)CC. The minimum Gasteiger partial charge on any atom is -0.361 e. The summed E-state index contributed by atoms with van der Waals surface area (Å²) in [5.41, 5.74) is 0. The first-order chi connectivity index (χ1) is 11.6. The van der Waals surface area contributed by atoms with E-state index in [0.29, 0.717) is 0 Å². The van der Waals surface area contributed by atoms with Gasteiger partial charge in [-0.3, -0.25) is 9.98 Å². The van der Waals surface area contributed by atoms with Gasteiger partial charge in [0.2, 0.25) is 0 Å². The molecule has 0 unspecified atom stereocenters. The average molecular weight is 340 g/mol. The first-order valence-electron chi connectivity index (χ1n) is 9.89. The standard InChI is InChI=1S/C19H41N5/c1-8-16-24(17-9-2)19(23(12-5)13-6)21-15-14-20-18(7)22(10-3)11-4/h8-17H2,1-7H3. The van der Waals surface area contributed by atoms with Crippen LogP contribution in [-0.2, 0) is 0 Å². The van der Waals surface area contributed by atoms with Crippen LogP contribution in [0.5, 0.6) is 0 Å². The van der Waals surface area contributed by atoms with Gasteiger partial charge in [-0.1, -0.05) is 13.8 Å². The van der Waals surface area contributed by atoms with E-state index in [1.165, 1.54) is 0 Å². The van der Waals surface area contributed by atoms with E-state index in [-0.39, 0.29) is 0 Å². The summed E-state index contributed by atoms with van der Waals surface area (Å²) in [5, 5.41) is 0. The lowest BCUT2D eigenvalue weighted by Crippen LogP contribution is -2.45. The molecule has 5 nitrogen and oxygen atoms in total. The Morgan fingerprint density at radius 2 is 1.08 bits per heavy atom. The van der Waals surface area contributed by atoms with Crippen LogP contribution >= 0.6 is 0 Å². The van der Waals surface area contributed by atoms with Crippen LogP contribution in [0, 0.1) is 0 Å². The van der Waals surface area contributed by atoms with Crippen LogP contribution in [0.3, 0.4) is 0 Å². The maximum Gasteiger partial charge on any atom is 0.196 e. The Bertz CT molecular complexity index is 351. The van der Waals surface area contributed by atoms with Gasteiger partial charge in [-0.25, -0.2) is 0 Å². The molecule has 0 radical (unpaired) electrons. The summed E-state index contributed by atoms with van der Waals surface area (Å²) in [6.45, 7) is 23.0. The Labute approximate surface area is 150 Å². The maximum atomic E-state index is 4.93. The quantitative estimate of drug-likeness (QED) is 0.328. The largest absolute Gasteiger partial charge is 0.361 e. The second-order valence-electron chi connectivity index (χ2n) is 5.94. The minimum atomic E-state index is 0.758. The number of hydrogen-bond donors (Lipinski definition) is 0. The number of hydrogen-bond acceptors (Lipinski definition) is 2. The van der Waals surface area contributed by atoms with E-state index in [0.717, 1.165) is 77.0 Å². The molecule has 0 fully saturated rings. The lowest BCUT2D eigenvalue weighted by atomic mass is 10.3. The molecule has 0 aliphatic carbocycles. The van der Waals surface area contributed by atoms with Gasteiger partial charge < -0.3 is 14.7 Å². The lowest BCUT2D eigenvalue weighted by Gasteiger charge is -2.33. The van der Waals surface area contributed by atoms with Crippen molar-refractivity contribution in [2.75, 3.05) is 52.4 Å². The van der Waals surface area contributed by atoms with Crippen molar-refractivity contribution in [3.05, 3.63) is 0 Å². The van der Waals surface area contributed by atoms with Crippen molar-refractivity contribution in [2.45, 2.75) is 61.3 Å². The highest BCUT2D eigenvalue weighted by molar-refractivity contribution is 5.80. The van der Waals surface area contributed by atoms with Gasteiger partial charge in [-0.05, 0) is 47.5 Å². The zero-order valence-electron chi connectivity index (χ0n) is 17.3. The molecule has 0 bridgehead atoms. The normalized spacial score (nSPS) is 12.5. The van der Waals surface area contributed by atoms with Crippen molar-refractivity contribution in [3.63, 3.8) is 0 Å². The molecular weight excluding hydrogens is 298 g/mol. The molecule has 24 heavy (non-hydrogen) atoms. The minimum absolute atomic E-state index is 0.758. The molecule has 0 saturated heterocycles. The molecule has 0 rings (SSSR count). The third-order valence-electron chi connectivity index (χ3n) is 4.23. The summed E-state index contributed by atoms with van der Waals surface area (Å²) >= 11 is 0. The summed E-state index contributed by atoms with van der Waals surface area (Å²) in [6, 6.07) is 0. The van der Waals surface area contributed by atoms with E-state index in [1.54, 1.807) is 0 Å². The summed E-state index contributed by atoms with van der Waals surface area (Å²) in [7, 11) is 0. The number of aliphatic imine (C=N–C) groups is 2. The van der Waals surface area contributed by atoms with Crippen molar-refractivity contribution in [1.82, 2.24) is 14.7 Å². The van der Waals surface area contributed by atoms with Crippen LogP contribution < -0.4 is 0 Å². The molecular formula is C19H41N5. The molecule has 5 heteroatoms. The van der Waals surface area contributed by atoms with Crippen LogP contribution in [-0.4, -0.2) is 78.9 Å². The zero-order valence-corrected chi connectivity index (χ0v) is 17.3. The molecule has 0 aromatic rings. The van der Waals surface area contributed by atoms with E-state index in [1.807, 2.05) is 0 Å². The molecule has 0 heterocycles. The highest BCUT2D eigenvalue weighted by Gasteiger charge is 2.15. The van der Waals surface area contributed by atoms with Gasteiger partial charge in [0.25, 0.3) is 0 Å². The molecule has 0 spiro atoms. The van der Waals surface area contributed by atoms with Gasteiger partial charge in [0.1, 0.15) is 0 Å².